The summed E-state index contributed by atoms with van der Waals surface area (Å²) in [5.41, 5.74) is 0. The molecule has 1 fully saturated rings. The van der Waals surface area contributed by atoms with Crippen molar-refractivity contribution in [3.8, 4) is 5.75 Å². The molecule has 1 aromatic heterocycles. The second-order valence-corrected chi connectivity index (χ2v) is 7.27. The van der Waals surface area contributed by atoms with Crippen LogP contribution in [0.2, 0.25) is 5.02 Å². The van der Waals surface area contributed by atoms with Crippen molar-refractivity contribution >= 4 is 28.8 Å². The average molecular weight is 365 g/mol. The minimum atomic E-state index is 0.0355. The standard InChI is InChI=1S/C18H21ClN2O2S/c1-14(17-3-2-12-24-17)20-8-10-21(11-9-20)18(22)13-23-16-6-4-15(19)5-7-16/h2-7,12,14H,8-11,13H2,1H3. The third kappa shape index (κ3) is 4.29. The topological polar surface area (TPSA) is 32.8 Å². The third-order valence-corrected chi connectivity index (χ3v) is 5.64. The lowest BCUT2D eigenvalue weighted by molar-refractivity contribution is -0.135. The number of hydrogen-bond acceptors (Lipinski definition) is 4. The van der Waals surface area contributed by atoms with Gasteiger partial charge in [0, 0.05) is 42.1 Å². The van der Waals surface area contributed by atoms with E-state index in [-0.39, 0.29) is 12.5 Å². The highest BCUT2D eigenvalue weighted by atomic mass is 35.5. The number of benzene rings is 1. The molecule has 1 amide bonds. The van der Waals surface area contributed by atoms with Gasteiger partial charge < -0.3 is 9.64 Å². The molecule has 0 saturated carbocycles. The van der Waals surface area contributed by atoms with Gasteiger partial charge in [-0.05, 0) is 42.6 Å². The van der Waals surface area contributed by atoms with Crippen LogP contribution in [0.4, 0.5) is 0 Å². The number of ether oxygens (including phenoxy) is 1. The van der Waals surface area contributed by atoms with Crippen molar-refractivity contribution in [3.63, 3.8) is 0 Å². The summed E-state index contributed by atoms with van der Waals surface area (Å²) in [6.45, 7) is 5.59. The van der Waals surface area contributed by atoms with Crippen LogP contribution in [-0.4, -0.2) is 48.5 Å². The first kappa shape index (κ1) is 17.3. The van der Waals surface area contributed by atoms with E-state index in [9.17, 15) is 4.79 Å². The second kappa shape index (κ2) is 8.01. The molecule has 4 nitrogen and oxygen atoms in total. The van der Waals surface area contributed by atoms with Gasteiger partial charge in [-0.1, -0.05) is 17.7 Å². The van der Waals surface area contributed by atoms with Gasteiger partial charge in [0.2, 0.25) is 0 Å². The molecule has 1 atom stereocenters. The maximum atomic E-state index is 12.3. The summed E-state index contributed by atoms with van der Waals surface area (Å²) in [5, 5.41) is 2.77. The van der Waals surface area contributed by atoms with Gasteiger partial charge >= 0.3 is 0 Å². The highest BCUT2D eigenvalue weighted by molar-refractivity contribution is 7.10. The molecule has 0 radical (unpaired) electrons. The normalized spacial score (nSPS) is 16.8. The first-order valence-corrected chi connectivity index (χ1v) is 9.33. The summed E-state index contributed by atoms with van der Waals surface area (Å²) in [6, 6.07) is 11.7. The van der Waals surface area contributed by atoms with E-state index < -0.39 is 0 Å². The third-order valence-electron chi connectivity index (χ3n) is 4.35. The Bertz CT molecular complexity index is 652. The van der Waals surface area contributed by atoms with E-state index in [1.807, 2.05) is 4.90 Å². The molecule has 6 heteroatoms. The van der Waals surface area contributed by atoms with Crippen LogP contribution in [0.25, 0.3) is 0 Å². The van der Waals surface area contributed by atoms with Crippen LogP contribution in [0.3, 0.4) is 0 Å². The molecule has 0 aliphatic carbocycles. The van der Waals surface area contributed by atoms with Gasteiger partial charge in [-0.3, -0.25) is 9.69 Å². The molecule has 3 rings (SSSR count). The lowest BCUT2D eigenvalue weighted by atomic mass is 10.2. The van der Waals surface area contributed by atoms with E-state index in [2.05, 4.69) is 29.3 Å². The summed E-state index contributed by atoms with van der Waals surface area (Å²) in [4.78, 5) is 18.0. The number of carbonyl (C=O) groups is 1. The number of hydrogen-bond donors (Lipinski definition) is 0. The average Bonchev–Trinajstić information content (AvgIpc) is 3.15. The van der Waals surface area contributed by atoms with Crippen LogP contribution in [0.1, 0.15) is 17.8 Å². The first-order chi connectivity index (χ1) is 11.6. The van der Waals surface area contributed by atoms with Crippen LogP contribution in [0.15, 0.2) is 41.8 Å². The molecule has 1 unspecified atom stereocenters. The van der Waals surface area contributed by atoms with E-state index in [4.69, 9.17) is 16.3 Å². The summed E-state index contributed by atoms with van der Waals surface area (Å²) in [7, 11) is 0. The van der Waals surface area contributed by atoms with Gasteiger partial charge in [0.05, 0.1) is 0 Å². The Kier molecular flexibility index (Phi) is 5.76. The van der Waals surface area contributed by atoms with Crippen LogP contribution < -0.4 is 4.74 Å². The highest BCUT2D eigenvalue weighted by Gasteiger charge is 2.25. The first-order valence-electron chi connectivity index (χ1n) is 8.07. The molecule has 1 aromatic carbocycles. The molecule has 128 valence electrons. The van der Waals surface area contributed by atoms with Gasteiger partial charge in [0.1, 0.15) is 5.75 Å². The Labute approximate surface area is 151 Å². The summed E-state index contributed by atoms with van der Waals surface area (Å²) < 4.78 is 5.55. The summed E-state index contributed by atoms with van der Waals surface area (Å²) >= 11 is 7.62. The second-order valence-electron chi connectivity index (χ2n) is 5.85. The largest absolute Gasteiger partial charge is 0.484 e. The zero-order valence-electron chi connectivity index (χ0n) is 13.7. The molecular formula is C18H21ClN2O2S. The van der Waals surface area contributed by atoms with E-state index in [1.165, 1.54) is 4.88 Å². The molecule has 0 spiro atoms. The van der Waals surface area contributed by atoms with Crippen molar-refractivity contribution in [2.45, 2.75) is 13.0 Å². The van der Waals surface area contributed by atoms with Gasteiger partial charge in [0.25, 0.3) is 5.91 Å². The predicted molar refractivity (Wildman–Crippen MR) is 97.8 cm³/mol. The van der Waals surface area contributed by atoms with Gasteiger partial charge in [0.15, 0.2) is 6.61 Å². The smallest absolute Gasteiger partial charge is 0.260 e. The predicted octanol–water partition coefficient (Wildman–Crippen LogP) is 3.69. The van der Waals surface area contributed by atoms with E-state index in [0.717, 1.165) is 26.2 Å². The Morgan fingerprint density at radius 1 is 1.21 bits per heavy atom. The fraction of sp³-hybridized carbons (Fsp3) is 0.389. The highest BCUT2D eigenvalue weighted by Crippen LogP contribution is 2.25. The Balaban J connectivity index is 1.45. The van der Waals surface area contributed by atoms with E-state index >= 15 is 0 Å². The molecule has 0 bridgehead atoms. The number of piperazine rings is 1. The minimum absolute atomic E-state index is 0.0355. The molecule has 2 heterocycles. The number of carbonyl (C=O) groups excluding carboxylic acids is 1. The molecule has 1 aliphatic rings. The number of thiophene rings is 1. The van der Waals surface area contributed by atoms with Crippen molar-refractivity contribution in [1.29, 1.82) is 0 Å². The van der Waals surface area contributed by atoms with Gasteiger partial charge in [-0.25, -0.2) is 0 Å². The van der Waals surface area contributed by atoms with Crippen LogP contribution >= 0.6 is 22.9 Å². The molecule has 1 saturated heterocycles. The molecule has 2 aromatic rings. The zero-order chi connectivity index (χ0) is 16.9. The fourth-order valence-corrected chi connectivity index (χ4v) is 3.78. The van der Waals surface area contributed by atoms with E-state index in [1.54, 1.807) is 35.6 Å². The van der Waals surface area contributed by atoms with Crippen molar-refractivity contribution < 1.29 is 9.53 Å². The number of rotatable bonds is 5. The number of halogens is 1. The fourth-order valence-electron chi connectivity index (χ4n) is 2.83. The molecule has 0 N–H and O–H groups in total. The number of amides is 1. The van der Waals surface area contributed by atoms with Crippen LogP contribution in [-0.2, 0) is 4.79 Å². The SMILES string of the molecule is CC(c1cccs1)N1CCN(C(=O)COc2ccc(Cl)cc2)CC1. The van der Waals surface area contributed by atoms with Gasteiger partial charge in [-0.15, -0.1) is 11.3 Å². The maximum Gasteiger partial charge on any atom is 0.260 e. The van der Waals surface area contributed by atoms with Crippen LogP contribution in [0, 0.1) is 0 Å². The quantitative estimate of drug-likeness (QED) is 0.811. The summed E-state index contributed by atoms with van der Waals surface area (Å²) in [5.74, 6) is 0.700. The van der Waals surface area contributed by atoms with Crippen molar-refractivity contribution in [1.82, 2.24) is 9.80 Å². The Morgan fingerprint density at radius 3 is 2.54 bits per heavy atom. The Hall–Kier alpha value is -1.56. The van der Waals surface area contributed by atoms with E-state index in [0.29, 0.717) is 16.8 Å². The Morgan fingerprint density at radius 2 is 1.92 bits per heavy atom. The lowest BCUT2D eigenvalue weighted by Gasteiger charge is -2.37. The van der Waals surface area contributed by atoms with Crippen molar-refractivity contribution in [2.75, 3.05) is 32.8 Å². The molecular weight excluding hydrogens is 344 g/mol. The van der Waals surface area contributed by atoms with Gasteiger partial charge in [-0.2, -0.15) is 0 Å². The van der Waals surface area contributed by atoms with Crippen LogP contribution in [0.5, 0.6) is 5.75 Å². The monoisotopic (exact) mass is 364 g/mol. The minimum Gasteiger partial charge on any atom is -0.484 e. The molecule has 1 aliphatic heterocycles. The van der Waals surface area contributed by atoms with Crippen molar-refractivity contribution in [3.05, 3.63) is 51.7 Å². The molecule has 24 heavy (non-hydrogen) atoms. The zero-order valence-corrected chi connectivity index (χ0v) is 15.2. The lowest BCUT2D eigenvalue weighted by Crippen LogP contribution is -2.50. The maximum absolute atomic E-state index is 12.3. The number of nitrogens with zero attached hydrogens (tertiary/aromatic N) is 2. The summed E-state index contributed by atoms with van der Waals surface area (Å²) in [6.07, 6.45) is 0. The van der Waals surface area contributed by atoms with Crippen molar-refractivity contribution in [2.24, 2.45) is 0 Å².